The first-order valence-corrected chi connectivity index (χ1v) is 8.72. The maximum atomic E-state index is 12.5. The highest BCUT2D eigenvalue weighted by atomic mass is 32.2. The second kappa shape index (κ2) is 7.48. The van der Waals surface area contributed by atoms with Crippen molar-refractivity contribution in [3.8, 4) is 11.5 Å². The van der Waals surface area contributed by atoms with Crippen molar-refractivity contribution in [1.29, 1.82) is 0 Å². The van der Waals surface area contributed by atoms with E-state index in [1.54, 1.807) is 19.2 Å². The van der Waals surface area contributed by atoms with E-state index in [0.29, 0.717) is 12.2 Å². The van der Waals surface area contributed by atoms with E-state index in [1.165, 1.54) is 7.11 Å². The van der Waals surface area contributed by atoms with Gasteiger partial charge in [0.1, 0.15) is 16.4 Å². The van der Waals surface area contributed by atoms with Crippen LogP contribution in [-0.2, 0) is 16.4 Å². The first-order chi connectivity index (χ1) is 11.0. The van der Waals surface area contributed by atoms with Gasteiger partial charge in [-0.05, 0) is 42.7 Å². The minimum absolute atomic E-state index is 0.153. The Morgan fingerprint density at radius 2 is 1.70 bits per heavy atom. The van der Waals surface area contributed by atoms with Crippen molar-refractivity contribution in [3.63, 3.8) is 0 Å². The molecule has 0 aromatic heterocycles. The Morgan fingerprint density at radius 3 is 2.39 bits per heavy atom. The van der Waals surface area contributed by atoms with Gasteiger partial charge in [0.2, 0.25) is 10.0 Å². The molecular formula is C17H21NO4S. The monoisotopic (exact) mass is 335 g/mol. The molecule has 0 saturated carbocycles. The maximum absolute atomic E-state index is 12.5. The van der Waals surface area contributed by atoms with Crippen molar-refractivity contribution in [3.05, 3.63) is 53.6 Å². The molecule has 0 amide bonds. The third kappa shape index (κ3) is 4.24. The van der Waals surface area contributed by atoms with E-state index in [-0.39, 0.29) is 11.4 Å². The molecule has 0 spiro atoms. The molecule has 0 aliphatic carbocycles. The van der Waals surface area contributed by atoms with Crippen molar-refractivity contribution in [2.75, 3.05) is 20.8 Å². The lowest BCUT2D eigenvalue weighted by Crippen LogP contribution is -2.26. The Bertz CT molecular complexity index is 772. The summed E-state index contributed by atoms with van der Waals surface area (Å²) in [5.74, 6) is 1.08. The zero-order chi connectivity index (χ0) is 16.9. The minimum Gasteiger partial charge on any atom is -0.496 e. The predicted octanol–water partition coefficient (Wildman–Crippen LogP) is 2.53. The van der Waals surface area contributed by atoms with E-state index in [9.17, 15) is 8.42 Å². The number of nitrogens with one attached hydrogen (secondary N) is 1. The summed E-state index contributed by atoms with van der Waals surface area (Å²) in [7, 11) is -0.576. The van der Waals surface area contributed by atoms with Crippen LogP contribution < -0.4 is 14.2 Å². The van der Waals surface area contributed by atoms with E-state index in [1.807, 2.05) is 37.3 Å². The number of rotatable bonds is 7. The molecule has 124 valence electrons. The summed E-state index contributed by atoms with van der Waals surface area (Å²) in [6.45, 7) is 2.12. The number of methoxy groups -OCH3 is 2. The molecule has 0 bridgehead atoms. The van der Waals surface area contributed by atoms with Crippen molar-refractivity contribution >= 4 is 10.0 Å². The Kier molecular flexibility index (Phi) is 5.63. The van der Waals surface area contributed by atoms with Crippen LogP contribution in [0.3, 0.4) is 0 Å². The Hall–Kier alpha value is -2.05. The highest BCUT2D eigenvalue weighted by Gasteiger charge is 2.19. The molecule has 0 radical (unpaired) electrons. The lowest BCUT2D eigenvalue weighted by molar-refractivity contribution is 0.402. The number of benzene rings is 2. The third-order valence-electron chi connectivity index (χ3n) is 3.49. The molecule has 6 heteroatoms. The van der Waals surface area contributed by atoms with Gasteiger partial charge in [0.05, 0.1) is 14.2 Å². The molecule has 1 N–H and O–H groups in total. The largest absolute Gasteiger partial charge is 0.496 e. The zero-order valence-corrected chi connectivity index (χ0v) is 14.3. The van der Waals surface area contributed by atoms with Gasteiger partial charge in [-0.15, -0.1) is 0 Å². The molecular weight excluding hydrogens is 314 g/mol. The van der Waals surface area contributed by atoms with E-state index >= 15 is 0 Å². The smallest absolute Gasteiger partial charge is 0.244 e. The quantitative estimate of drug-likeness (QED) is 0.844. The molecule has 0 atom stereocenters. The number of ether oxygens (including phenoxy) is 2. The van der Waals surface area contributed by atoms with E-state index in [4.69, 9.17) is 9.47 Å². The normalized spacial score (nSPS) is 11.3. The second-order valence-electron chi connectivity index (χ2n) is 5.11. The fraction of sp³-hybridized carbons (Fsp3) is 0.294. The van der Waals surface area contributed by atoms with Crippen LogP contribution in [-0.4, -0.2) is 29.2 Å². The molecule has 0 unspecified atom stereocenters. The van der Waals surface area contributed by atoms with Gasteiger partial charge >= 0.3 is 0 Å². The first kappa shape index (κ1) is 17.3. The van der Waals surface area contributed by atoms with Gasteiger partial charge in [-0.25, -0.2) is 13.1 Å². The van der Waals surface area contributed by atoms with Gasteiger partial charge in [0.15, 0.2) is 0 Å². The number of para-hydroxylation sites is 1. The second-order valence-corrected chi connectivity index (χ2v) is 6.85. The lowest BCUT2D eigenvalue weighted by atomic mass is 10.1. The Balaban J connectivity index is 2.12. The summed E-state index contributed by atoms with van der Waals surface area (Å²) >= 11 is 0. The molecule has 0 fully saturated rings. The number of hydrogen-bond donors (Lipinski definition) is 1. The van der Waals surface area contributed by atoms with Crippen LogP contribution in [0.4, 0.5) is 0 Å². The van der Waals surface area contributed by atoms with Gasteiger partial charge in [-0.2, -0.15) is 0 Å². The zero-order valence-electron chi connectivity index (χ0n) is 13.5. The van der Waals surface area contributed by atoms with Crippen LogP contribution in [0.2, 0.25) is 0 Å². The van der Waals surface area contributed by atoms with Crippen LogP contribution in [0.15, 0.2) is 47.4 Å². The molecule has 2 aromatic rings. The SMILES string of the molecule is COc1ccccc1CCNS(=O)(=O)c1cc(C)ccc1OC. The van der Waals surface area contributed by atoms with Gasteiger partial charge in [0.25, 0.3) is 0 Å². The number of aryl methyl sites for hydroxylation is 1. The highest BCUT2D eigenvalue weighted by molar-refractivity contribution is 7.89. The third-order valence-corrected chi connectivity index (χ3v) is 4.97. The topological polar surface area (TPSA) is 64.6 Å². The standard InChI is InChI=1S/C17H21NO4S/c1-13-8-9-16(22-3)17(12-13)23(19,20)18-11-10-14-6-4-5-7-15(14)21-2/h4-9,12,18H,10-11H2,1-3H3. The van der Waals surface area contributed by atoms with Crippen LogP contribution in [0.25, 0.3) is 0 Å². The molecule has 0 aliphatic heterocycles. The fourth-order valence-corrected chi connectivity index (χ4v) is 3.58. The summed E-state index contributed by atoms with van der Waals surface area (Å²) in [6, 6.07) is 12.6. The molecule has 23 heavy (non-hydrogen) atoms. The van der Waals surface area contributed by atoms with E-state index in [0.717, 1.165) is 16.9 Å². The minimum atomic E-state index is -3.63. The van der Waals surface area contributed by atoms with Gasteiger partial charge in [-0.1, -0.05) is 24.3 Å². The van der Waals surface area contributed by atoms with Gasteiger partial charge in [0, 0.05) is 6.54 Å². The van der Waals surface area contributed by atoms with Crippen LogP contribution >= 0.6 is 0 Å². The molecule has 0 aliphatic rings. The average molecular weight is 335 g/mol. The van der Waals surface area contributed by atoms with Crippen molar-refractivity contribution in [2.45, 2.75) is 18.2 Å². The summed E-state index contributed by atoms with van der Waals surface area (Å²) in [4.78, 5) is 0.153. The molecule has 0 heterocycles. The van der Waals surface area contributed by atoms with Crippen molar-refractivity contribution in [2.24, 2.45) is 0 Å². The summed E-state index contributed by atoms with van der Waals surface area (Å²) in [5.41, 5.74) is 1.81. The van der Waals surface area contributed by atoms with Gasteiger partial charge < -0.3 is 9.47 Å². The molecule has 5 nitrogen and oxygen atoms in total. The summed E-state index contributed by atoms with van der Waals surface area (Å²) in [5, 5.41) is 0. The molecule has 2 rings (SSSR count). The summed E-state index contributed by atoms with van der Waals surface area (Å²) in [6.07, 6.45) is 0.539. The Labute approximate surface area is 137 Å². The van der Waals surface area contributed by atoms with Crippen LogP contribution in [0, 0.1) is 6.92 Å². The summed E-state index contributed by atoms with van der Waals surface area (Å²) < 4.78 is 38.0. The maximum Gasteiger partial charge on any atom is 0.244 e. The first-order valence-electron chi connectivity index (χ1n) is 7.24. The van der Waals surface area contributed by atoms with E-state index < -0.39 is 10.0 Å². The van der Waals surface area contributed by atoms with Crippen LogP contribution in [0.5, 0.6) is 11.5 Å². The number of hydrogen-bond acceptors (Lipinski definition) is 4. The predicted molar refractivity (Wildman–Crippen MR) is 89.6 cm³/mol. The molecule has 0 saturated heterocycles. The Morgan fingerprint density at radius 1 is 1.00 bits per heavy atom. The van der Waals surface area contributed by atoms with Crippen LogP contribution in [0.1, 0.15) is 11.1 Å². The number of sulfonamides is 1. The lowest BCUT2D eigenvalue weighted by Gasteiger charge is -2.12. The van der Waals surface area contributed by atoms with Crippen molar-refractivity contribution in [1.82, 2.24) is 4.72 Å². The highest BCUT2D eigenvalue weighted by Crippen LogP contribution is 2.24. The van der Waals surface area contributed by atoms with E-state index in [2.05, 4.69) is 4.72 Å². The molecule has 2 aromatic carbocycles. The fourth-order valence-electron chi connectivity index (χ4n) is 2.30. The average Bonchev–Trinajstić information content (AvgIpc) is 2.55. The van der Waals surface area contributed by atoms with Gasteiger partial charge in [-0.3, -0.25) is 0 Å². The van der Waals surface area contributed by atoms with Crippen molar-refractivity contribution < 1.29 is 17.9 Å².